The van der Waals surface area contributed by atoms with Crippen LogP contribution in [0.3, 0.4) is 0 Å². The number of piperidine rings is 1. The van der Waals surface area contributed by atoms with Gasteiger partial charge in [0.15, 0.2) is 10.8 Å². The van der Waals surface area contributed by atoms with Gasteiger partial charge >= 0.3 is 0 Å². The first-order valence-electron chi connectivity index (χ1n) is 10.2. The second-order valence-corrected chi connectivity index (χ2v) is 8.93. The first kappa shape index (κ1) is 20.3. The number of likely N-dealkylation sites (tertiary alicyclic amines) is 1. The normalized spacial score (nSPS) is 16.5. The second kappa shape index (κ2) is 8.44. The molecular weight excluding hydrogens is 398 g/mol. The standard InChI is InChI=1S/C23H25N3O3S/c1-14-13-17(23(28)26-11-5-4-7-15(26)2)9-10-18(14)24-21(27)20-16(3)30-22(25-20)19-8-6-12-29-19/h6,8-10,12-13,15H,4-5,7,11H2,1-3H3,(H,24,27). The third-order valence-corrected chi connectivity index (χ3v) is 6.51. The molecule has 30 heavy (non-hydrogen) atoms. The fourth-order valence-electron chi connectivity index (χ4n) is 3.80. The van der Waals surface area contributed by atoms with Crippen LogP contribution in [0, 0.1) is 13.8 Å². The zero-order chi connectivity index (χ0) is 21.3. The number of amides is 2. The molecule has 0 spiro atoms. The van der Waals surface area contributed by atoms with Crippen LogP contribution in [0.2, 0.25) is 0 Å². The molecule has 4 rings (SSSR count). The van der Waals surface area contributed by atoms with Gasteiger partial charge in [0.2, 0.25) is 0 Å². The lowest BCUT2D eigenvalue weighted by Gasteiger charge is -2.33. The van der Waals surface area contributed by atoms with Crippen LogP contribution < -0.4 is 5.32 Å². The fraction of sp³-hybridized carbons (Fsp3) is 0.348. The van der Waals surface area contributed by atoms with E-state index < -0.39 is 0 Å². The minimum atomic E-state index is -0.270. The molecular formula is C23H25N3O3S. The predicted octanol–water partition coefficient (Wildman–Crippen LogP) is 5.29. The number of carbonyl (C=O) groups is 2. The number of furan rings is 1. The number of carbonyl (C=O) groups excluding carboxylic acids is 2. The van der Waals surface area contributed by atoms with Crippen molar-refractivity contribution in [2.75, 3.05) is 11.9 Å². The number of benzene rings is 1. The van der Waals surface area contributed by atoms with Crippen molar-refractivity contribution in [3.63, 3.8) is 0 Å². The van der Waals surface area contributed by atoms with Crippen molar-refractivity contribution in [3.8, 4) is 10.8 Å². The molecule has 1 aromatic carbocycles. The Morgan fingerprint density at radius 3 is 2.77 bits per heavy atom. The van der Waals surface area contributed by atoms with Crippen LogP contribution in [0.1, 0.15) is 57.5 Å². The number of nitrogens with one attached hydrogen (secondary N) is 1. The van der Waals surface area contributed by atoms with Crippen LogP contribution in [-0.2, 0) is 0 Å². The van der Waals surface area contributed by atoms with Gasteiger partial charge in [0.05, 0.1) is 6.26 Å². The maximum absolute atomic E-state index is 12.9. The van der Waals surface area contributed by atoms with Crippen LogP contribution in [0.5, 0.6) is 0 Å². The average Bonchev–Trinajstić information content (AvgIpc) is 3.39. The predicted molar refractivity (Wildman–Crippen MR) is 118 cm³/mol. The van der Waals surface area contributed by atoms with Crippen molar-refractivity contribution in [3.05, 3.63) is 58.3 Å². The largest absolute Gasteiger partial charge is 0.462 e. The van der Waals surface area contributed by atoms with Gasteiger partial charge in [-0.25, -0.2) is 4.98 Å². The Morgan fingerprint density at radius 1 is 1.23 bits per heavy atom. The van der Waals surface area contributed by atoms with Gasteiger partial charge in [-0.2, -0.15) is 0 Å². The molecule has 1 saturated heterocycles. The molecule has 7 heteroatoms. The van der Waals surface area contributed by atoms with Crippen LogP contribution in [0.4, 0.5) is 5.69 Å². The number of hydrogen-bond donors (Lipinski definition) is 1. The number of thiazole rings is 1. The molecule has 1 fully saturated rings. The molecule has 0 saturated carbocycles. The van der Waals surface area contributed by atoms with Crippen molar-refractivity contribution < 1.29 is 14.0 Å². The molecule has 1 aliphatic rings. The number of aromatic nitrogens is 1. The summed E-state index contributed by atoms with van der Waals surface area (Å²) in [6.07, 6.45) is 4.86. The molecule has 156 valence electrons. The molecule has 1 atom stereocenters. The first-order valence-corrected chi connectivity index (χ1v) is 11.0. The van der Waals surface area contributed by atoms with Gasteiger partial charge in [0.25, 0.3) is 11.8 Å². The summed E-state index contributed by atoms with van der Waals surface area (Å²) in [6.45, 7) is 6.67. The van der Waals surface area contributed by atoms with E-state index in [1.54, 1.807) is 24.5 Å². The Bertz CT molecular complexity index is 1070. The zero-order valence-electron chi connectivity index (χ0n) is 17.4. The SMILES string of the molecule is Cc1cc(C(=O)N2CCCCC2C)ccc1NC(=O)c1nc(-c2ccco2)sc1C. The van der Waals surface area contributed by atoms with Gasteiger partial charge in [-0.15, -0.1) is 11.3 Å². The summed E-state index contributed by atoms with van der Waals surface area (Å²) < 4.78 is 5.38. The zero-order valence-corrected chi connectivity index (χ0v) is 18.2. The monoisotopic (exact) mass is 423 g/mol. The van der Waals surface area contributed by atoms with Gasteiger partial charge < -0.3 is 14.6 Å². The summed E-state index contributed by atoms with van der Waals surface area (Å²) in [7, 11) is 0. The van der Waals surface area contributed by atoms with Crippen molar-refractivity contribution in [1.29, 1.82) is 0 Å². The molecule has 0 bridgehead atoms. The third kappa shape index (κ3) is 4.03. The van der Waals surface area contributed by atoms with E-state index in [9.17, 15) is 9.59 Å². The van der Waals surface area contributed by atoms with E-state index in [4.69, 9.17) is 4.42 Å². The topological polar surface area (TPSA) is 75.4 Å². The Balaban J connectivity index is 1.50. The number of aryl methyl sites for hydroxylation is 2. The van der Waals surface area contributed by atoms with Crippen molar-refractivity contribution >= 4 is 28.8 Å². The summed E-state index contributed by atoms with van der Waals surface area (Å²) >= 11 is 1.42. The smallest absolute Gasteiger partial charge is 0.275 e. The van der Waals surface area contributed by atoms with E-state index in [1.807, 2.05) is 30.9 Å². The van der Waals surface area contributed by atoms with Gasteiger partial charge in [-0.1, -0.05) is 0 Å². The first-order chi connectivity index (χ1) is 14.4. The van der Waals surface area contributed by atoms with Gasteiger partial charge in [0.1, 0.15) is 5.69 Å². The Kier molecular flexibility index (Phi) is 5.72. The highest BCUT2D eigenvalue weighted by atomic mass is 32.1. The molecule has 3 aromatic rings. The molecule has 0 radical (unpaired) electrons. The lowest BCUT2D eigenvalue weighted by atomic mass is 10.0. The summed E-state index contributed by atoms with van der Waals surface area (Å²) in [6, 6.07) is 9.31. The minimum Gasteiger partial charge on any atom is -0.462 e. The van der Waals surface area contributed by atoms with Crippen LogP contribution >= 0.6 is 11.3 Å². The van der Waals surface area contributed by atoms with E-state index in [2.05, 4.69) is 17.2 Å². The molecule has 0 aliphatic carbocycles. The average molecular weight is 424 g/mol. The number of anilines is 1. The Hall–Kier alpha value is -2.93. The highest BCUT2D eigenvalue weighted by Crippen LogP contribution is 2.29. The van der Waals surface area contributed by atoms with Gasteiger partial charge in [0, 0.05) is 28.7 Å². The van der Waals surface area contributed by atoms with Crippen molar-refractivity contribution in [2.24, 2.45) is 0 Å². The lowest BCUT2D eigenvalue weighted by Crippen LogP contribution is -2.42. The van der Waals surface area contributed by atoms with Crippen molar-refractivity contribution in [1.82, 2.24) is 9.88 Å². The highest BCUT2D eigenvalue weighted by Gasteiger charge is 2.25. The van der Waals surface area contributed by atoms with Crippen LogP contribution in [0.25, 0.3) is 10.8 Å². The van der Waals surface area contributed by atoms with E-state index in [1.165, 1.54) is 17.8 Å². The van der Waals surface area contributed by atoms with E-state index >= 15 is 0 Å². The molecule has 3 heterocycles. The minimum absolute atomic E-state index is 0.0570. The molecule has 6 nitrogen and oxygen atoms in total. The number of rotatable bonds is 4. The second-order valence-electron chi connectivity index (χ2n) is 7.73. The van der Waals surface area contributed by atoms with Crippen LogP contribution in [0.15, 0.2) is 41.0 Å². The third-order valence-electron chi connectivity index (χ3n) is 5.53. The maximum Gasteiger partial charge on any atom is 0.275 e. The summed E-state index contributed by atoms with van der Waals surface area (Å²) in [4.78, 5) is 32.9. The highest BCUT2D eigenvalue weighted by molar-refractivity contribution is 7.15. The quantitative estimate of drug-likeness (QED) is 0.619. The summed E-state index contributed by atoms with van der Waals surface area (Å²) in [5.41, 5.74) is 2.56. The van der Waals surface area contributed by atoms with Gasteiger partial charge in [-0.3, -0.25) is 9.59 Å². The molecule has 2 aromatic heterocycles. The molecule has 2 amide bonds. The fourth-order valence-corrected chi connectivity index (χ4v) is 4.68. The summed E-state index contributed by atoms with van der Waals surface area (Å²) in [5.74, 6) is 0.433. The van der Waals surface area contributed by atoms with E-state index in [-0.39, 0.29) is 17.9 Å². The van der Waals surface area contributed by atoms with Crippen molar-refractivity contribution in [2.45, 2.75) is 46.1 Å². The van der Waals surface area contributed by atoms with E-state index in [0.717, 1.165) is 29.8 Å². The van der Waals surface area contributed by atoms with Crippen LogP contribution in [-0.4, -0.2) is 34.3 Å². The van der Waals surface area contributed by atoms with Gasteiger partial charge in [-0.05, 0) is 75.9 Å². The molecule has 1 N–H and O–H groups in total. The summed E-state index contributed by atoms with van der Waals surface area (Å²) in [5, 5.41) is 3.61. The number of nitrogens with zero attached hydrogens (tertiary/aromatic N) is 2. The number of hydrogen-bond acceptors (Lipinski definition) is 5. The Labute approximate surface area is 179 Å². The Morgan fingerprint density at radius 2 is 2.07 bits per heavy atom. The molecule has 1 aliphatic heterocycles. The maximum atomic E-state index is 12.9. The molecule has 1 unspecified atom stereocenters. The lowest BCUT2D eigenvalue weighted by molar-refractivity contribution is 0.0635. The van der Waals surface area contributed by atoms with E-state index in [0.29, 0.717) is 27.7 Å².